The summed E-state index contributed by atoms with van der Waals surface area (Å²) in [7, 11) is 3.04. The highest BCUT2D eigenvalue weighted by Gasteiger charge is 2.19. The number of rotatable bonds is 4. The molecular formula is C16H16ClFO3. The smallest absolute Gasteiger partial charge is 0.161 e. The Labute approximate surface area is 127 Å². The zero-order valence-electron chi connectivity index (χ0n) is 12.0. The van der Waals surface area contributed by atoms with Gasteiger partial charge in [0.2, 0.25) is 0 Å². The van der Waals surface area contributed by atoms with Crippen LogP contribution in [0.25, 0.3) is 0 Å². The summed E-state index contributed by atoms with van der Waals surface area (Å²) in [5.41, 5.74) is 1.48. The highest BCUT2D eigenvalue weighted by atomic mass is 35.5. The lowest BCUT2D eigenvalue weighted by atomic mass is 9.96. The van der Waals surface area contributed by atoms with Crippen LogP contribution in [0.3, 0.4) is 0 Å². The molecule has 0 aliphatic carbocycles. The molecule has 0 heterocycles. The third-order valence-electron chi connectivity index (χ3n) is 3.32. The van der Waals surface area contributed by atoms with Gasteiger partial charge in [0.25, 0.3) is 0 Å². The fourth-order valence-electron chi connectivity index (χ4n) is 2.18. The second-order valence-electron chi connectivity index (χ2n) is 4.63. The van der Waals surface area contributed by atoms with Gasteiger partial charge < -0.3 is 14.6 Å². The van der Waals surface area contributed by atoms with Gasteiger partial charge in [0.05, 0.1) is 14.2 Å². The Hall–Kier alpha value is -1.78. The van der Waals surface area contributed by atoms with E-state index < -0.39 is 11.9 Å². The summed E-state index contributed by atoms with van der Waals surface area (Å²) < 4.78 is 24.4. The Bertz CT molecular complexity index is 658. The second kappa shape index (κ2) is 6.33. The number of benzene rings is 2. The molecule has 0 saturated heterocycles. The number of aryl methyl sites for hydroxylation is 1. The number of halogens is 2. The molecule has 0 bridgehead atoms. The molecule has 3 nitrogen and oxygen atoms in total. The highest BCUT2D eigenvalue weighted by molar-refractivity contribution is 6.30. The van der Waals surface area contributed by atoms with Gasteiger partial charge in [0.1, 0.15) is 11.9 Å². The Kier molecular flexibility index (Phi) is 4.70. The topological polar surface area (TPSA) is 38.7 Å². The molecule has 0 aliphatic heterocycles. The lowest BCUT2D eigenvalue weighted by Crippen LogP contribution is -2.06. The standard InChI is InChI=1S/C16H16ClFO3/c1-9-6-14(20-2)15(21-3)8-12(9)16(19)11-5-4-10(17)7-13(11)18/h4-8,16,19H,1-3H3. The van der Waals surface area contributed by atoms with Crippen molar-refractivity contribution in [3.63, 3.8) is 0 Å². The van der Waals surface area contributed by atoms with Crippen molar-refractivity contribution < 1.29 is 19.0 Å². The van der Waals surface area contributed by atoms with E-state index in [0.717, 1.165) is 5.56 Å². The van der Waals surface area contributed by atoms with Crippen molar-refractivity contribution in [2.24, 2.45) is 0 Å². The SMILES string of the molecule is COc1cc(C)c(C(O)c2ccc(Cl)cc2F)cc1OC. The van der Waals surface area contributed by atoms with Crippen LogP contribution in [0.4, 0.5) is 4.39 Å². The number of hydrogen-bond acceptors (Lipinski definition) is 3. The van der Waals surface area contributed by atoms with Crippen LogP contribution < -0.4 is 9.47 Å². The van der Waals surface area contributed by atoms with Gasteiger partial charge >= 0.3 is 0 Å². The van der Waals surface area contributed by atoms with E-state index in [2.05, 4.69) is 0 Å². The monoisotopic (exact) mass is 310 g/mol. The molecule has 2 aromatic rings. The predicted molar refractivity (Wildman–Crippen MR) is 79.8 cm³/mol. The molecule has 0 amide bonds. The van der Waals surface area contributed by atoms with E-state index in [9.17, 15) is 9.50 Å². The molecule has 2 rings (SSSR count). The van der Waals surface area contributed by atoms with Crippen LogP contribution in [-0.2, 0) is 0 Å². The Morgan fingerprint density at radius 2 is 1.67 bits per heavy atom. The largest absolute Gasteiger partial charge is 0.493 e. The fraction of sp³-hybridized carbons (Fsp3) is 0.250. The number of hydrogen-bond donors (Lipinski definition) is 1. The summed E-state index contributed by atoms with van der Waals surface area (Å²) in [5.74, 6) is 0.484. The maximum Gasteiger partial charge on any atom is 0.161 e. The highest BCUT2D eigenvalue weighted by Crippen LogP contribution is 2.35. The van der Waals surface area contributed by atoms with E-state index in [1.165, 1.54) is 26.4 Å². The van der Waals surface area contributed by atoms with Gasteiger partial charge in [-0.1, -0.05) is 17.7 Å². The summed E-state index contributed by atoms with van der Waals surface area (Å²) in [6.07, 6.45) is -1.11. The molecule has 0 aliphatic rings. The van der Waals surface area contributed by atoms with Crippen molar-refractivity contribution in [1.82, 2.24) is 0 Å². The van der Waals surface area contributed by atoms with Crippen LogP contribution in [0.15, 0.2) is 30.3 Å². The van der Waals surface area contributed by atoms with Crippen molar-refractivity contribution in [2.45, 2.75) is 13.0 Å². The lowest BCUT2D eigenvalue weighted by Gasteiger charge is -2.18. The fourth-order valence-corrected chi connectivity index (χ4v) is 2.34. The van der Waals surface area contributed by atoms with Gasteiger partial charge in [-0.15, -0.1) is 0 Å². The third-order valence-corrected chi connectivity index (χ3v) is 3.56. The Morgan fingerprint density at radius 1 is 1.05 bits per heavy atom. The molecule has 0 saturated carbocycles. The summed E-state index contributed by atoms with van der Waals surface area (Å²) in [6.45, 7) is 1.81. The van der Waals surface area contributed by atoms with Crippen LogP contribution in [0.2, 0.25) is 5.02 Å². The second-order valence-corrected chi connectivity index (χ2v) is 5.07. The normalized spacial score (nSPS) is 12.1. The minimum absolute atomic E-state index is 0.162. The first-order valence-corrected chi connectivity index (χ1v) is 6.71. The maximum atomic E-state index is 13.9. The molecule has 1 unspecified atom stereocenters. The number of aliphatic hydroxyl groups excluding tert-OH is 1. The average Bonchev–Trinajstić information content (AvgIpc) is 2.46. The minimum Gasteiger partial charge on any atom is -0.493 e. The zero-order chi connectivity index (χ0) is 15.6. The first-order chi connectivity index (χ1) is 9.97. The summed E-state index contributed by atoms with van der Waals surface area (Å²) in [6, 6.07) is 7.58. The van der Waals surface area contributed by atoms with Crippen LogP contribution in [-0.4, -0.2) is 19.3 Å². The van der Waals surface area contributed by atoms with E-state index >= 15 is 0 Å². The molecule has 0 radical (unpaired) electrons. The van der Waals surface area contributed by atoms with E-state index in [1.54, 1.807) is 18.2 Å². The first-order valence-electron chi connectivity index (χ1n) is 6.33. The molecule has 1 atom stereocenters. The van der Waals surface area contributed by atoms with Gasteiger partial charge in [-0.25, -0.2) is 4.39 Å². The van der Waals surface area contributed by atoms with Crippen molar-refractivity contribution in [3.8, 4) is 11.5 Å². The van der Waals surface area contributed by atoms with Gasteiger partial charge in [0.15, 0.2) is 11.5 Å². The van der Waals surface area contributed by atoms with Gasteiger partial charge in [-0.05, 0) is 42.3 Å². The lowest BCUT2D eigenvalue weighted by molar-refractivity contribution is 0.213. The van der Waals surface area contributed by atoms with Crippen molar-refractivity contribution in [1.29, 1.82) is 0 Å². The molecule has 0 spiro atoms. The van der Waals surface area contributed by atoms with Crippen LogP contribution in [0, 0.1) is 12.7 Å². The van der Waals surface area contributed by atoms with Gasteiger partial charge in [-0.2, -0.15) is 0 Å². The quantitative estimate of drug-likeness (QED) is 0.931. The van der Waals surface area contributed by atoms with E-state index in [1.807, 2.05) is 6.92 Å². The number of methoxy groups -OCH3 is 2. The Morgan fingerprint density at radius 3 is 2.24 bits per heavy atom. The molecule has 1 N–H and O–H groups in total. The van der Waals surface area contributed by atoms with E-state index in [4.69, 9.17) is 21.1 Å². The molecule has 2 aromatic carbocycles. The van der Waals surface area contributed by atoms with Crippen molar-refractivity contribution in [3.05, 3.63) is 57.9 Å². The minimum atomic E-state index is -1.11. The predicted octanol–water partition coefficient (Wildman–Crippen LogP) is 3.89. The first kappa shape index (κ1) is 15.6. The van der Waals surface area contributed by atoms with E-state index in [0.29, 0.717) is 17.1 Å². The number of ether oxygens (including phenoxy) is 2. The summed E-state index contributed by atoms with van der Waals surface area (Å²) >= 11 is 5.73. The van der Waals surface area contributed by atoms with Crippen LogP contribution >= 0.6 is 11.6 Å². The Balaban J connectivity index is 2.50. The molecule has 112 valence electrons. The number of aliphatic hydroxyl groups is 1. The van der Waals surface area contributed by atoms with Crippen molar-refractivity contribution in [2.75, 3.05) is 14.2 Å². The third kappa shape index (κ3) is 3.12. The van der Waals surface area contributed by atoms with Gasteiger partial charge in [0, 0.05) is 10.6 Å². The average molecular weight is 311 g/mol. The summed E-state index contributed by atoms with van der Waals surface area (Å²) in [4.78, 5) is 0. The van der Waals surface area contributed by atoms with E-state index in [-0.39, 0.29) is 10.6 Å². The molecule has 0 aromatic heterocycles. The van der Waals surface area contributed by atoms with Crippen LogP contribution in [0.1, 0.15) is 22.8 Å². The molecule has 5 heteroatoms. The molecular weight excluding hydrogens is 295 g/mol. The zero-order valence-corrected chi connectivity index (χ0v) is 12.7. The maximum absolute atomic E-state index is 13.9. The van der Waals surface area contributed by atoms with Crippen molar-refractivity contribution >= 4 is 11.6 Å². The molecule has 21 heavy (non-hydrogen) atoms. The molecule has 0 fully saturated rings. The van der Waals surface area contributed by atoms with Gasteiger partial charge in [-0.3, -0.25) is 0 Å². The van der Waals surface area contributed by atoms with Crippen LogP contribution in [0.5, 0.6) is 11.5 Å². The summed E-state index contributed by atoms with van der Waals surface area (Å²) in [5, 5.41) is 10.7.